The van der Waals surface area contributed by atoms with Crippen LogP contribution in [0.25, 0.3) is 21.5 Å². The Hall–Kier alpha value is -2.90. The van der Waals surface area contributed by atoms with Crippen LogP contribution in [0.5, 0.6) is 0 Å². The number of rotatable bonds is 5. The molecular formula is C22H20N4OS2. The van der Waals surface area contributed by atoms with Crippen LogP contribution in [0.15, 0.2) is 48.4 Å². The topological polar surface area (TPSA) is 59.0 Å². The molecule has 3 aromatic heterocycles. The van der Waals surface area contributed by atoms with E-state index in [0.29, 0.717) is 22.4 Å². The predicted molar refractivity (Wildman–Crippen MR) is 121 cm³/mol. The lowest BCUT2D eigenvalue weighted by Crippen LogP contribution is -2.30. The van der Waals surface area contributed by atoms with Crippen molar-refractivity contribution < 1.29 is 4.79 Å². The van der Waals surface area contributed by atoms with Crippen LogP contribution in [0.3, 0.4) is 0 Å². The van der Waals surface area contributed by atoms with E-state index in [9.17, 15) is 4.79 Å². The van der Waals surface area contributed by atoms with E-state index in [4.69, 9.17) is 4.98 Å². The van der Waals surface area contributed by atoms with Crippen molar-refractivity contribution in [3.63, 3.8) is 0 Å². The molecule has 0 atom stereocenters. The Morgan fingerprint density at radius 1 is 1.14 bits per heavy atom. The fourth-order valence-electron chi connectivity index (χ4n) is 3.31. The summed E-state index contributed by atoms with van der Waals surface area (Å²) in [5.74, 6) is 0.627. The zero-order valence-electron chi connectivity index (χ0n) is 16.5. The molecule has 0 aliphatic heterocycles. The Morgan fingerprint density at radius 2 is 1.90 bits per heavy atom. The van der Waals surface area contributed by atoms with E-state index in [2.05, 4.69) is 16.5 Å². The van der Waals surface area contributed by atoms with Gasteiger partial charge in [0, 0.05) is 28.6 Å². The second-order valence-electron chi connectivity index (χ2n) is 6.68. The molecule has 7 heteroatoms. The summed E-state index contributed by atoms with van der Waals surface area (Å²) in [6.45, 7) is 9.99. The van der Waals surface area contributed by atoms with Crippen LogP contribution in [0.4, 0.5) is 5.13 Å². The van der Waals surface area contributed by atoms with Gasteiger partial charge >= 0.3 is 0 Å². The number of hydrogen-bond acceptors (Lipinski definition) is 6. The van der Waals surface area contributed by atoms with E-state index in [1.165, 1.54) is 22.7 Å². The van der Waals surface area contributed by atoms with Crippen molar-refractivity contribution >= 4 is 43.9 Å². The standard InChI is InChI=1S/C22H20N4OS2/c1-5-11-26(22-25-17(12-28-22)16-9-7-6-8-10-16)21(27)19-13(2)18-14(3)23-15(4)24-20(18)29-19/h5-10,12H,1,11H2,2-4H3. The van der Waals surface area contributed by atoms with Gasteiger partial charge in [-0.25, -0.2) is 15.0 Å². The Bertz CT molecular complexity index is 1210. The molecule has 4 aromatic rings. The molecule has 0 aliphatic rings. The summed E-state index contributed by atoms with van der Waals surface area (Å²) in [4.78, 5) is 30.4. The fourth-order valence-corrected chi connectivity index (χ4v) is 5.38. The minimum Gasteiger partial charge on any atom is -0.279 e. The van der Waals surface area contributed by atoms with Crippen LogP contribution in [0.2, 0.25) is 0 Å². The van der Waals surface area contributed by atoms with Gasteiger partial charge in [0.25, 0.3) is 5.91 Å². The maximum absolute atomic E-state index is 13.5. The Kier molecular flexibility index (Phi) is 5.25. The number of carbonyl (C=O) groups excluding carboxylic acids is 1. The van der Waals surface area contributed by atoms with Gasteiger partial charge in [0.05, 0.1) is 10.6 Å². The first kappa shape index (κ1) is 19.4. The molecule has 0 bridgehead atoms. The van der Waals surface area contributed by atoms with Crippen molar-refractivity contribution in [2.24, 2.45) is 0 Å². The summed E-state index contributed by atoms with van der Waals surface area (Å²) >= 11 is 2.87. The number of anilines is 1. The lowest BCUT2D eigenvalue weighted by Gasteiger charge is -2.17. The third-order valence-corrected chi connectivity index (χ3v) is 6.66. The Labute approximate surface area is 177 Å². The van der Waals surface area contributed by atoms with Gasteiger partial charge in [0.2, 0.25) is 0 Å². The number of thiophene rings is 1. The fraction of sp³-hybridized carbons (Fsp3) is 0.182. The minimum absolute atomic E-state index is 0.0867. The van der Waals surface area contributed by atoms with Gasteiger partial charge in [-0.1, -0.05) is 36.4 Å². The minimum atomic E-state index is -0.0867. The molecule has 0 saturated carbocycles. The number of thiazole rings is 1. The largest absolute Gasteiger partial charge is 0.279 e. The number of carbonyl (C=O) groups is 1. The van der Waals surface area contributed by atoms with Crippen LogP contribution in [0.1, 0.15) is 26.8 Å². The molecule has 1 amide bonds. The normalized spacial score (nSPS) is 11.0. The highest BCUT2D eigenvalue weighted by Gasteiger charge is 2.25. The van der Waals surface area contributed by atoms with Crippen LogP contribution < -0.4 is 4.90 Å². The second-order valence-corrected chi connectivity index (χ2v) is 8.51. The number of hydrogen-bond donors (Lipinski definition) is 0. The number of benzene rings is 1. The highest BCUT2D eigenvalue weighted by Crippen LogP contribution is 2.34. The third-order valence-electron chi connectivity index (χ3n) is 4.63. The first-order chi connectivity index (χ1) is 14.0. The van der Waals surface area contributed by atoms with E-state index in [1.54, 1.807) is 11.0 Å². The van der Waals surface area contributed by atoms with Crippen LogP contribution in [0, 0.1) is 20.8 Å². The molecule has 3 heterocycles. The number of aryl methyl sites for hydroxylation is 3. The summed E-state index contributed by atoms with van der Waals surface area (Å²) in [5, 5.41) is 3.60. The quantitative estimate of drug-likeness (QED) is 0.396. The molecule has 0 N–H and O–H groups in total. The predicted octanol–water partition coefficient (Wildman–Crippen LogP) is 5.57. The molecular weight excluding hydrogens is 400 g/mol. The van der Waals surface area contributed by atoms with Crippen LogP contribution >= 0.6 is 22.7 Å². The molecule has 4 rings (SSSR count). The lowest BCUT2D eigenvalue weighted by molar-refractivity contribution is 0.0993. The van der Waals surface area contributed by atoms with Gasteiger partial charge in [-0.15, -0.1) is 29.3 Å². The SMILES string of the molecule is C=CCN(C(=O)c1sc2nc(C)nc(C)c2c1C)c1nc(-c2ccccc2)cs1. The molecule has 1 aromatic carbocycles. The van der Waals surface area contributed by atoms with Crippen molar-refractivity contribution in [2.45, 2.75) is 20.8 Å². The summed E-state index contributed by atoms with van der Waals surface area (Å²) in [5.41, 5.74) is 3.70. The van der Waals surface area contributed by atoms with Crippen molar-refractivity contribution in [3.05, 3.63) is 70.3 Å². The lowest BCUT2D eigenvalue weighted by atomic mass is 10.1. The van der Waals surface area contributed by atoms with E-state index in [-0.39, 0.29) is 5.91 Å². The molecule has 146 valence electrons. The summed E-state index contributed by atoms with van der Waals surface area (Å²) in [7, 11) is 0. The molecule has 0 fully saturated rings. The van der Waals surface area contributed by atoms with Crippen molar-refractivity contribution in [3.8, 4) is 11.3 Å². The van der Waals surface area contributed by atoms with Gasteiger partial charge in [-0.2, -0.15) is 0 Å². The number of aromatic nitrogens is 3. The average molecular weight is 421 g/mol. The molecule has 5 nitrogen and oxygen atoms in total. The molecule has 0 aliphatic carbocycles. The van der Waals surface area contributed by atoms with Gasteiger partial charge < -0.3 is 0 Å². The molecule has 0 radical (unpaired) electrons. The van der Waals surface area contributed by atoms with Gasteiger partial charge in [0.1, 0.15) is 10.7 Å². The highest BCUT2D eigenvalue weighted by molar-refractivity contribution is 7.21. The first-order valence-corrected chi connectivity index (χ1v) is 10.9. The Morgan fingerprint density at radius 3 is 2.62 bits per heavy atom. The van der Waals surface area contributed by atoms with E-state index in [1.807, 2.05) is 56.5 Å². The molecule has 0 saturated heterocycles. The molecule has 0 unspecified atom stereocenters. The average Bonchev–Trinajstić information content (AvgIpc) is 3.31. The van der Waals surface area contributed by atoms with Crippen LogP contribution in [-0.2, 0) is 0 Å². The van der Waals surface area contributed by atoms with E-state index < -0.39 is 0 Å². The summed E-state index contributed by atoms with van der Waals surface area (Å²) in [6, 6.07) is 9.96. The zero-order valence-corrected chi connectivity index (χ0v) is 18.1. The summed E-state index contributed by atoms with van der Waals surface area (Å²) < 4.78 is 0. The number of fused-ring (bicyclic) bond motifs is 1. The van der Waals surface area contributed by atoms with Crippen molar-refractivity contribution in [2.75, 3.05) is 11.4 Å². The molecule has 0 spiro atoms. The molecule has 29 heavy (non-hydrogen) atoms. The number of amides is 1. The van der Waals surface area contributed by atoms with Crippen LogP contribution in [-0.4, -0.2) is 27.4 Å². The monoisotopic (exact) mass is 420 g/mol. The van der Waals surface area contributed by atoms with E-state index >= 15 is 0 Å². The van der Waals surface area contributed by atoms with Gasteiger partial charge in [-0.05, 0) is 26.3 Å². The number of nitrogens with zero attached hydrogens (tertiary/aromatic N) is 4. The van der Waals surface area contributed by atoms with Gasteiger partial charge in [-0.3, -0.25) is 9.69 Å². The zero-order chi connectivity index (χ0) is 20.5. The van der Waals surface area contributed by atoms with Crippen molar-refractivity contribution in [1.29, 1.82) is 0 Å². The first-order valence-electron chi connectivity index (χ1n) is 9.17. The maximum atomic E-state index is 13.5. The summed E-state index contributed by atoms with van der Waals surface area (Å²) in [6.07, 6.45) is 1.72. The van der Waals surface area contributed by atoms with Crippen molar-refractivity contribution in [1.82, 2.24) is 15.0 Å². The highest BCUT2D eigenvalue weighted by atomic mass is 32.1. The Balaban J connectivity index is 1.75. The van der Waals surface area contributed by atoms with E-state index in [0.717, 1.165) is 32.7 Å². The smallest absolute Gasteiger partial charge is 0.270 e. The van der Waals surface area contributed by atoms with Gasteiger partial charge in [0.15, 0.2) is 5.13 Å². The second kappa shape index (κ2) is 7.85. The third kappa shape index (κ3) is 3.59. The maximum Gasteiger partial charge on any atom is 0.270 e.